The fraction of sp³-hybridized carbons (Fsp3) is 0.583. The summed E-state index contributed by atoms with van der Waals surface area (Å²) in [7, 11) is 0. The molecule has 8 nitrogen and oxygen atoms in total. The van der Waals surface area contributed by atoms with E-state index in [-0.39, 0.29) is 23.5 Å². The second-order valence-corrected chi connectivity index (χ2v) is 9.47. The van der Waals surface area contributed by atoms with E-state index in [1.807, 2.05) is 6.92 Å². The normalized spacial score (nSPS) is 16.4. The quantitative estimate of drug-likeness (QED) is 0.242. The second-order valence-electron chi connectivity index (χ2n) is 8.23. The predicted molar refractivity (Wildman–Crippen MR) is 138 cm³/mol. The molecular weight excluding hydrogens is 522 g/mol. The Bertz CT molecular complexity index is 882. The van der Waals surface area contributed by atoms with Crippen LogP contribution in [0.2, 0.25) is 0 Å². The van der Waals surface area contributed by atoms with Crippen molar-refractivity contribution in [3.63, 3.8) is 0 Å². The number of hydrogen-bond acceptors (Lipinski definition) is 6. The number of carbonyl (C=O) groups is 3. The number of nitrogens with one attached hydrogen (secondary N) is 2. The lowest BCUT2D eigenvalue weighted by molar-refractivity contribution is -0.151. The fourth-order valence-corrected chi connectivity index (χ4v) is 4.19. The smallest absolute Gasteiger partial charge is 0.308 e. The Morgan fingerprint density at radius 2 is 2.06 bits per heavy atom. The molecule has 2 unspecified atom stereocenters. The summed E-state index contributed by atoms with van der Waals surface area (Å²) in [6, 6.07) is 4.23. The number of nitrogens with zero attached hydrogens (tertiary/aromatic N) is 1. The molecule has 0 aromatic heterocycles. The maximum Gasteiger partial charge on any atom is 0.308 e. The van der Waals surface area contributed by atoms with Crippen molar-refractivity contribution >= 4 is 51.0 Å². The molecule has 1 aliphatic heterocycles. The summed E-state index contributed by atoms with van der Waals surface area (Å²) in [6.45, 7) is 7.22. The van der Waals surface area contributed by atoms with Crippen LogP contribution in [-0.2, 0) is 14.3 Å². The van der Waals surface area contributed by atoms with Crippen molar-refractivity contribution < 1.29 is 23.9 Å². The molecule has 2 amide bonds. The van der Waals surface area contributed by atoms with Gasteiger partial charge in [-0.05, 0) is 66.1 Å². The number of ether oxygens (including phenoxy) is 2. The van der Waals surface area contributed by atoms with Gasteiger partial charge in [-0.2, -0.15) is 0 Å². The van der Waals surface area contributed by atoms with E-state index in [4.69, 9.17) is 21.7 Å². The minimum atomic E-state index is -0.840. The van der Waals surface area contributed by atoms with Crippen LogP contribution < -0.4 is 15.4 Å². The molecule has 1 fully saturated rings. The zero-order valence-corrected chi connectivity index (χ0v) is 22.4. The lowest BCUT2D eigenvalue weighted by atomic mass is 10.1. The molecule has 0 saturated carbocycles. The largest absolute Gasteiger partial charge is 0.492 e. The Hall–Kier alpha value is -2.20. The molecule has 2 N–H and O–H groups in total. The second kappa shape index (κ2) is 14.3. The SMILES string of the molecule is CCCCCCOc1ccc(C(=O)NC(=S)N2CCNC(=O)C2CC(=O)OC(C)CC)cc1Br. The van der Waals surface area contributed by atoms with Crippen LogP contribution in [0.1, 0.15) is 69.7 Å². The van der Waals surface area contributed by atoms with E-state index in [0.717, 1.165) is 12.8 Å². The minimum absolute atomic E-state index is 0.0913. The Labute approximate surface area is 215 Å². The standard InChI is InChI=1S/C24H34BrN3O5S/c1-4-6-7-8-13-32-20-10-9-17(14-18(20)25)22(30)27-24(34)28-12-11-26-23(31)19(28)15-21(29)33-16(3)5-2/h9-10,14,16,19H,4-8,11-13,15H2,1-3H3,(H,26,31)(H,27,30,34). The van der Waals surface area contributed by atoms with Gasteiger partial charge in [0.25, 0.3) is 5.91 Å². The van der Waals surface area contributed by atoms with Crippen LogP contribution in [0.3, 0.4) is 0 Å². The van der Waals surface area contributed by atoms with E-state index in [2.05, 4.69) is 33.5 Å². The van der Waals surface area contributed by atoms with Crippen LogP contribution in [0.15, 0.2) is 22.7 Å². The van der Waals surface area contributed by atoms with Gasteiger partial charge in [0.15, 0.2) is 5.11 Å². The molecular formula is C24H34BrN3O5S. The van der Waals surface area contributed by atoms with Gasteiger partial charge in [0.1, 0.15) is 11.8 Å². The van der Waals surface area contributed by atoms with E-state index >= 15 is 0 Å². The summed E-state index contributed by atoms with van der Waals surface area (Å²) in [5.74, 6) is -0.549. The number of rotatable bonds is 11. The zero-order valence-electron chi connectivity index (χ0n) is 20.0. The van der Waals surface area contributed by atoms with Crippen molar-refractivity contribution in [2.45, 2.75) is 71.4 Å². The third kappa shape index (κ3) is 8.54. The summed E-state index contributed by atoms with van der Waals surface area (Å²) in [4.78, 5) is 39.1. The molecule has 188 valence electrons. The summed E-state index contributed by atoms with van der Waals surface area (Å²) in [5.41, 5.74) is 0.391. The molecule has 1 aliphatic rings. The zero-order chi connectivity index (χ0) is 25.1. The van der Waals surface area contributed by atoms with Gasteiger partial charge >= 0.3 is 5.97 Å². The summed E-state index contributed by atoms with van der Waals surface area (Å²) in [6.07, 6.45) is 4.74. The molecule has 0 spiro atoms. The van der Waals surface area contributed by atoms with Crippen molar-refractivity contribution in [1.82, 2.24) is 15.5 Å². The maximum absolute atomic E-state index is 12.8. The van der Waals surface area contributed by atoms with Gasteiger partial charge in [0.05, 0.1) is 23.6 Å². The topological polar surface area (TPSA) is 97.0 Å². The van der Waals surface area contributed by atoms with Gasteiger partial charge in [-0.1, -0.05) is 33.1 Å². The number of esters is 1. The molecule has 1 heterocycles. The Morgan fingerprint density at radius 1 is 1.29 bits per heavy atom. The first-order chi connectivity index (χ1) is 16.3. The van der Waals surface area contributed by atoms with E-state index in [1.54, 1.807) is 30.0 Å². The average molecular weight is 557 g/mol. The number of amides is 2. The average Bonchev–Trinajstić information content (AvgIpc) is 2.80. The predicted octanol–water partition coefficient (Wildman–Crippen LogP) is 3.96. The van der Waals surface area contributed by atoms with E-state index < -0.39 is 17.9 Å². The number of carbonyl (C=O) groups excluding carboxylic acids is 3. The van der Waals surface area contributed by atoms with Crippen molar-refractivity contribution in [2.24, 2.45) is 0 Å². The third-order valence-electron chi connectivity index (χ3n) is 5.53. The summed E-state index contributed by atoms with van der Waals surface area (Å²) in [5, 5.41) is 5.51. The minimum Gasteiger partial charge on any atom is -0.492 e. The lowest BCUT2D eigenvalue weighted by Gasteiger charge is -2.36. The highest BCUT2D eigenvalue weighted by atomic mass is 79.9. The number of piperazine rings is 1. The van der Waals surface area contributed by atoms with Crippen LogP contribution in [0.25, 0.3) is 0 Å². The third-order valence-corrected chi connectivity index (χ3v) is 6.49. The van der Waals surface area contributed by atoms with Gasteiger partial charge in [-0.15, -0.1) is 0 Å². The van der Waals surface area contributed by atoms with Gasteiger partial charge in [0, 0.05) is 18.7 Å². The Kier molecular flexibility index (Phi) is 11.8. The summed E-state index contributed by atoms with van der Waals surface area (Å²) < 4.78 is 11.8. The van der Waals surface area contributed by atoms with Crippen LogP contribution >= 0.6 is 28.1 Å². The molecule has 34 heavy (non-hydrogen) atoms. The number of unbranched alkanes of at least 4 members (excludes halogenated alkanes) is 3. The first kappa shape index (κ1) is 28.0. The number of thiocarbonyl (C=S) groups is 1. The molecule has 1 aromatic carbocycles. The Balaban J connectivity index is 1.98. The highest BCUT2D eigenvalue weighted by Gasteiger charge is 2.34. The van der Waals surface area contributed by atoms with Gasteiger partial charge in [-0.3, -0.25) is 19.7 Å². The van der Waals surface area contributed by atoms with E-state index in [9.17, 15) is 14.4 Å². The fourth-order valence-electron chi connectivity index (χ4n) is 3.39. The summed E-state index contributed by atoms with van der Waals surface area (Å²) >= 11 is 8.88. The lowest BCUT2D eigenvalue weighted by Crippen LogP contribution is -2.60. The molecule has 0 bridgehead atoms. The molecule has 2 atom stereocenters. The Morgan fingerprint density at radius 3 is 2.74 bits per heavy atom. The van der Waals surface area contributed by atoms with Crippen molar-refractivity contribution in [1.29, 1.82) is 0 Å². The number of hydrogen-bond donors (Lipinski definition) is 2. The van der Waals surface area contributed by atoms with Crippen LogP contribution in [0.4, 0.5) is 0 Å². The van der Waals surface area contributed by atoms with Gasteiger partial charge < -0.3 is 19.7 Å². The molecule has 1 saturated heterocycles. The highest BCUT2D eigenvalue weighted by molar-refractivity contribution is 9.10. The van der Waals surface area contributed by atoms with Gasteiger partial charge in [-0.25, -0.2) is 0 Å². The number of benzene rings is 1. The van der Waals surface area contributed by atoms with Crippen LogP contribution in [-0.4, -0.2) is 59.6 Å². The van der Waals surface area contributed by atoms with Crippen molar-refractivity contribution in [3.8, 4) is 5.75 Å². The maximum atomic E-state index is 12.8. The molecule has 0 aliphatic carbocycles. The highest BCUT2D eigenvalue weighted by Crippen LogP contribution is 2.26. The first-order valence-electron chi connectivity index (χ1n) is 11.8. The number of halogens is 1. The molecule has 0 radical (unpaired) electrons. The van der Waals surface area contributed by atoms with E-state index in [0.29, 0.717) is 41.9 Å². The van der Waals surface area contributed by atoms with Crippen LogP contribution in [0.5, 0.6) is 5.75 Å². The van der Waals surface area contributed by atoms with Gasteiger partial charge in [0.2, 0.25) is 5.91 Å². The monoisotopic (exact) mass is 555 g/mol. The first-order valence-corrected chi connectivity index (χ1v) is 13.0. The van der Waals surface area contributed by atoms with Crippen molar-refractivity contribution in [2.75, 3.05) is 19.7 Å². The van der Waals surface area contributed by atoms with Crippen molar-refractivity contribution in [3.05, 3.63) is 28.2 Å². The molecule has 1 aromatic rings. The molecule has 10 heteroatoms. The van der Waals surface area contributed by atoms with E-state index in [1.165, 1.54) is 12.8 Å². The molecule has 2 rings (SSSR count). The van der Waals surface area contributed by atoms with Crippen LogP contribution in [0, 0.1) is 0 Å².